The van der Waals surface area contributed by atoms with Gasteiger partial charge in [0.25, 0.3) is 5.56 Å². The Morgan fingerprint density at radius 1 is 1.37 bits per heavy atom. The van der Waals surface area contributed by atoms with Crippen LogP contribution in [-0.2, 0) is 11.3 Å². The molecule has 1 aromatic carbocycles. The van der Waals surface area contributed by atoms with Crippen LogP contribution in [0.25, 0.3) is 10.8 Å². The maximum atomic E-state index is 12.8. The van der Waals surface area contributed by atoms with Gasteiger partial charge in [-0.05, 0) is 50.0 Å². The number of nitrogens with one attached hydrogen (secondary N) is 1. The van der Waals surface area contributed by atoms with Crippen molar-refractivity contribution in [3.63, 3.8) is 0 Å². The molecule has 2 heterocycles. The van der Waals surface area contributed by atoms with Crippen LogP contribution in [0.2, 0.25) is 5.02 Å². The van der Waals surface area contributed by atoms with E-state index < -0.39 is 0 Å². The van der Waals surface area contributed by atoms with Gasteiger partial charge in [0.15, 0.2) is 0 Å². The van der Waals surface area contributed by atoms with E-state index >= 15 is 0 Å². The summed E-state index contributed by atoms with van der Waals surface area (Å²) in [7, 11) is 0. The highest BCUT2D eigenvalue weighted by atomic mass is 35.5. The van der Waals surface area contributed by atoms with Gasteiger partial charge in [0.2, 0.25) is 5.91 Å². The number of fused-ring (bicyclic) bond motifs is 1. The van der Waals surface area contributed by atoms with E-state index in [0.717, 1.165) is 43.6 Å². The maximum Gasteiger partial charge on any atom is 0.275 e. The van der Waals surface area contributed by atoms with Gasteiger partial charge in [-0.15, -0.1) is 0 Å². The maximum absolute atomic E-state index is 12.8. The number of aromatic nitrogens is 2. The van der Waals surface area contributed by atoms with Crippen molar-refractivity contribution in [1.82, 2.24) is 20.0 Å². The fourth-order valence-corrected chi connectivity index (χ4v) is 3.86. The summed E-state index contributed by atoms with van der Waals surface area (Å²) in [5.41, 5.74) is 0.509. The minimum absolute atomic E-state index is 0.0697. The van der Waals surface area contributed by atoms with Crippen LogP contribution in [0.15, 0.2) is 23.0 Å². The van der Waals surface area contributed by atoms with Crippen molar-refractivity contribution < 1.29 is 4.79 Å². The monoisotopic (exact) mass is 390 g/mol. The van der Waals surface area contributed by atoms with Crippen molar-refractivity contribution in [1.29, 1.82) is 0 Å². The fraction of sp³-hybridized carbons (Fsp3) is 0.550. The summed E-state index contributed by atoms with van der Waals surface area (Å²) in [5.74, 6) is -0.0621. The Morgan fingerprint density at radius 3 is 2.85 bits per heavy atom. The largest absolute Gasteiger partial charge is 0.350 e. The Bertz CT molecular complexity index is 893. The third kappa shape index (κ3) is 4.50. The van der Waals surface area contributed by atoms with Crippen LogP contribution in [0.5, 0.6) is 0 Å². The first-order chi connectivity index (χ1) is 12.9. The first-order valence-corrected chi connectivity index (χ1v) is 9.98. The predicted molar refractivity (Wildman–Crippen MR) is 108 cm³/mol. The molecule has 1 fully saturated rings. The van der Waals surface area contributed by atoms with Crippen molar-refractivity contribution in [2.24, 2.45) is 0 Å². The predicted octanol–water partition coefficient (Wildman–Crippen LogP) is 2.77. The second-order valence-corrected chi connectivity index (χ2v) is 7.93. The third-order valence-electron chi connectivity index (χ3n) is 5.11. The molecule has 1 saturated heterocycles. The number of hydrogen-bond acceptors (Lipinski definition) is 4. The molecule has 6 nitrogen and oxygen atoms in total. The lowest BCUT2D eigenvalue weighted by atomic mass is 10.0. The van der Waals surface area contributed by atoms with Crippen molar-refractivity contribution in [3.05, 3.63) is 39.3 Å². The SMILES string of the molecule is CCN1CCC[C@@H](NC(=O)Cn2nc(C(C)C)c3cc(Cl)ccc3c2=O)C1. The van der Waals surface area contributed by atoms with Crippen LogP contribution < -0.4 is 10.9 Å². The summed E-state index contributed by atoms with van der Waals surface area (Å²) in [5, 5.41) is 9.41. The number of amides is 1. The Labute approximate surface area is 164 Å². The number of hydrogen-bond donors (Lipinski definition) is 1. The quantitative estimate of drug-likeness (QED) is 0.852. The number of likely N-dealkylation sites (tertiary alicyclic amines) is 1. The Kier molecular flexibility index (Phi) is 6.17. The summed E-state index contributed by atoms with van der Waals surface area (Å²) in [6.45, 7) is 9.01. The lowest BCUT2D eigenvalue weighted by Crippen LogP contribution is -2.48. The lowest BCUT2D eigenvalue weighted by molar-refractivity contribution is -0.123. The standard InChI is InChI=1S/C20H27ClN4O2/c1-4-24-9-5-6-15(11-24)22-18(26)12-25-20(27)16-8-7-14(21)10-17(16)19(23-25)13(2)3/h7-8,10,13,15H,4-6,9,11-12H2,1-3H3,(H,22,26)/t15-/m1/s1. The van der Waals surface area contributed by atoms with E-state index in [-0.39, 0.29) is 30.0 Å². The van der Waals surface area contributed by atoms with Gasteiger partial charge in [-0.1, -0.05) is 32.4 Å². The number of carbonyl (C=O) groups excluding carboxylic acids is 1. The first kappa shape index (κ1) is 19.8. The van der Waals surface area contributed by atoms with Gasteiger partial charge in [0.1, 0.15) is 6.54 Å². The Morgan fingerprint density at radius 2 is 2.15 bits per heavy atom. The average molecular weight is 391 g/mol. The molecule has 0 unspecified atom stereocenters. The lowest BCUT2D eigenvalue weighted by Gasteiger charge is -2.32. The third-order valence-corrected chi connectivity index (χ3v) is 5.34. The molecule has 1 N–H and O–H groups in total. The fourth-order valence-electron chi connectivity index (χ4n) is 3.69. The van der Waals surface area contributed by atoms with E-state index in [4.69, 9.17) is 11.6 Å². The van der Waals surface area contributed by atoms with Gasteiger partial charge in [-0.2, -0.15) is 5.10 Å². The van der Waals surface area contributed by atoms with E-state index in [1.54, 1.807) is 18.2 Å². The molecule has 0 radical (unpaired) electrons. The second kappa shape index (κ2) is 8.40. The number of piperidine rings is 1. The Hall–Kier alpha value is -1.92. The molecule has 0 spiro atoms. The minimum atomic E-state index is -0.264. The van der Waals surface area contributed by atoms with Crippen molar-refractivity contribution >= 4 is 28.3 Å². The van der Waals surface area contributed by atoms with Crippen LogP contribution in [0.3, 0.4) is 0 Å². The van der Waals surface area contributed by atoms with Gasteiger partial charge >= 0.3 is 0 Å². The van der Waals surface area contributed by atoms with E-state index in [0.29, 0.717) is 10.4 Å². The molecule has 1 aromatic heterocycles. The summed E-state index contributed by atoms with van der Waals surface area (Å²) in [4.78, 5) is 27.7. The van der Waals surface area contributed by atoms with Crippen molar-refractivity contribution in [2.45, 2.75) is 52.1 Å². The second-order valence-electron chi connectivity index (χ2n) is 7.49. The van der Waals surface area contributed by atoms with E-state index in [9.17, 15) is 9.59 Å². The number of halogens is 1. The molecular formula is C20H27ClN4O2. The molecule has 2 aromatic rings. The van der Waals surface area contributed by atoms with Crippen molar-refractivity contribution in [3.8, 4) is 0 Å². The topological polar surface area (TPSA) is 67.2 Å². The molecule has 146 valence electrons. The number of carbonyl (C=O) groups is 1. The van der Waals surface area contributed by atoms with E-state index in [1.807, 2.05) is 13.8 Å². The molecule has 1 aliphatic heterocycles. The highest BCUT2D eigenvalue weighted by molar-refractivity contribution is 6.31. The number of rotatable bonds is 5. The van der Waals surface area contributed by atoms with Gasteiger partial charge < -0.3 is 10.2 Å². The molecule has 3 rings (SSSR count). The molecule has 0 aliphatic carbocycles. The van der Waals surface area contributed by atoms with Gasteiger partial charge in [-0.25, -0.2) is 4.68 Å². The van der Waals surface area contributed by atoms with Gasteiger partial charge in [0, 0.05) is 23.0 Å². The van der Waals surface area contributed by atoms with Crippen LogP contribution in [0.1, 0.15) is 45.2 Å². The highest BCUT2D eigenvalue weighted by Crippen LogP contribution is 2.24. The zero-order valence-corrected chi connectivity index (χ0v) is 16.9. The van der Waals surface area contributed by atoms with Crippen LogP contribution in [0.4, 0.5) is 0 Å². The zero-order valence-electron chi connectivity index (χ0n) is 16.2. The number of likely N-dealkylation sites (N-methyl/N-ethyl adjacent to an activating group) is 1. The molecule has 1 amide bonds. The van der Waals surface area contributed by atoms with Gasteiger partial charge in [-0.3, -0.25) is 9.59 Å². The van der Waals surface area contributed by atoms with Crippen LogP contribution in [0, 0.1) is 0 Å². The van der Waals surface area contributed by atoms with Crippen LogP contribution >= 0.6 is 11.6 Å². The average Bonchev–Trinajstić information content (AvgIpc) is 2.63. The molecular weight excluding hydrogens is 364 g/mol. The smallest absolute Gasteiger partial charge is 0.275 e. The highest BCUT2D eigenvalue weighted by Gasteiger charge is 2.21. The normalized spacial score (nSPS) is 18.2. The first-order valence-electron chi connectivity index (χ1n) is 9.61. The number of benzene rings is 1. The summed E-state index contributed by atoms with van der Waals surface area (Å²) >= 11 is 6.10. The van der Waals surface area contributed by atoms with E-state index in [1.165, 1.54) is 4.68 Å². The summed E-state index contributed by atoms with van der Waals surface area (Å²) in [6.07, 6.45) is 2.04. The minimum Gasteiger partial charge on any atom is -0.350 e. The molecule has 7 heteroatoms. The Balaban J connectivity index is 1.84. The van der Waals surface area contributed by atoms with E-state index in [2.05, 4.69) is 22.2 Å². The molecule has 1 atom stereocenters. The van der Waals surface area contributed by atoms with Gasteiger partial charge in [0.05, 0.1) is 11.1 Å². The molecule has 27 heavy (non-hydrogen) atoms. The molecule has 1 aliphatic rings. The summed E-state index contributed by atoms with van der Waals surface area (Å²) in [6, 6.07) is 5.31. The van der Waals surface area contributed by atoms with Crippen molar-refractivity contribution in [2.75, 3.05) is 19.6 Å². The molecule has 0 saturated carbocycles. The summed E-state index contributed by atoms with van der Waals surface area (Å²) < 4.78 is 1.28. The zero-order chi connectivity index (χ0) is 19.6. The molecule has 0 bridgehead atoms. The number of nitrogens with zero attached hydrogens (tertiary/aromatic N) is 3. The van der Waals surface area contributed by atoms with Crippen LogP contribution in [-0.4, -0.2) is 46.3 Å².